The molecule has 2 atom stereocenters. The summed E-state index contributed by atoms with van der Waals surface area (Å²) in [6.45, 7) is 2.18. The largest absolute Gasteiger partial charge is 0.418 e. The zero-order valence-electron chi connectivity index (χ0n) is 21.3. The third kappa shape index (κ3) is 5.63. The second kappa shape index (κ2) is 11.8. The number of aliphatic hydroxyl groups is 1. The molecule has 7 heteroatoms. The van der Waals surface area contributed by atoms with Crippen molar-refractivity contribution >= 4 is 17.6 Å². The highest BCUT2D eigenvalue weighted by atomic mass is 16.7. The molecule has 2 aromatic rings. The van der Waals surface area contributed by atoms with Crippen molar-refractivity contribution in [1.82, 2.24) is 4.90 Å². The summed E-state index contributed by atoms with van der Waals surface area (Å²) in [5.74, 6) is -0.136. The van der Waals surface area contributed by atoms with Gasteiger partial charge in [-0.3, -0.25) is 9.69 Å². The monoisotopic (exact) mass is 509 g/mol. The van der Waals surface area contributed by atoms with Crippen LogP contribution in [0.1, 0.15) is 38.0 Å². The zero-order chi connectivity index (χ0) is 26.3. The standard InChI is InChI=1S/C31H31N3O4/c1-2-33-29(35)28(37-31(33)32-38-30(36)24-12-6-3-7-13-24)22-23-18-20-27(21-19-23)34(25-14-8-4-9-15-25)26-16-10-5-11-17-26/h3-10,12-16,18-20,22,27,30,36H,2,11,17,21H2,1H3/b28-22+,32-31?. The minimum Gasteiger partial charge on any atom is -0.418 e. The molecule has 1 fully saturated rings. The lowest BCUT2D eigenvalue weighted by Gasteiger charge is -2.35. The van der Waals surface area contributed by atoms with Crippen LogP contribution in [0.3, 0.4) is 0 Å². The molecule has 0 spiro atoms. The van der Waals surface area contributed by atoms with Gasteiger partial charge >= 0.3 is 6.02 Å². The number of allylic oxidation sites excluding steroid dienone is 7. The Kier molecular flexibility index (Phi) is 7.85. The molecule has 0 aromatic heterocycles. The number of aliphatic hydroxyl groups excluding tert-OH is 1. The van der Waals surface area contributed by atoms with Gasteiger partial charge in [0.15, 0.2) is 5.76 Å². The van der Waals surface area contributed by atoms with Gasteiger partial charge in [-0.2, -0.15) is 0 Å². The van der Waals surface area contributed by atoms with Crippen LogP contribution in [0.2, 0.25) is 0 Å². The molecule has 5 rings (SSSR count). The Balaban J connectivity index is 1.30. The van der Waals surface area contributed by atoms with Crippen molar-refractivity contribution < 1.29 is 19.5 Å². The number of carbonyl (C=O) groups is 1. The van der Waals surface area contributed by atoms with E-state index in [-0.39, 0.29) is 23.7 Å². The molecule has 194 valence electrons. The van der Waals surface area contributed by atoms with Crippen molar-refractivity contribution in [3.8, 4) is 0 Å². The normalized spacial score (nSPS) is 21.8. The summed E-state index contributed by atoms with van der Waals surface area (Å²) in [7, 11) is 0. The van der Waals surface area contributed by atoms with Crippen LogP contribution < -0.4 is 4.90 Å². The number of amidine groups is 1. The van der Waals surface area contributed by atoms with Crippen molar-refractivity contribution in [2.75, 3.05) is 11.4 Å². The summed E-state index contributed by atoms with van der Waals surface area (Å²) in [6, 6.07) is 19.5. The van der Waals surface area contributed by atoms with Crippen molar-refractivity contribution in [2.45, 2.75) is 38.5 Å². The van der Waals surface area contributed by atoms with E-state index in [0.717, 1.165) is 30.5 Å². The van der Waals surface area contributed by atoms with Crippen molar-refractivity contribution in [3.05, 3.63) is 126 Å². The van der Waals surface area contributed by atoms with Crippen LogP contribution in [-0.2, 0) is 14.4 Å². The second-order valence-electron chi connectivity index (χ2n) is 9.10. The number of hydrogen-bond acceptors (Lipinski definition) is 6. The molecule has 1 heterocycles. The summed E-state index contributed by atoms with van der Waals surface area (Å²) < 4.78 is 5.75. The smallest absolute Gasteiger partial charge is 0.339 e. The Morgan fingerprint density at radius 1 is 1.18 bits per heavy atom. The summed E-state index contributed by atoms with van der Waals surface area (Å²) >= 11 is 0. The lowest BCUT2D eigenvalue weighted by Crippen LogP contribution is -2.34. The SMILES string of the molecule is CCN1C(=O)/C(=C\C2=CCC(N(C3=CC=CCC3)c3ccccc3)C=C2)OC1=NOC(O)c1ccccc1. The van der Waals surface area contributed by atoms with Gasteiger partial charge in [-0.1, -0.05) is 78.9 Å². The number of nitrogens with zero attached hydrogens (tertiary/aromatic N) is 3. The highest BCUT2D eigenvalue weighted by Gasteiger charge is 2.35. The number of para-hydroxylation sites is 1. The Hall–Kier alpha value is -4.36. The van der Waals surface area contributed by atoms with E-state index in [0.29, 0.717) is 12.1 Å². The van der Waals surface area contributed by atoms with Crippen LogP contribution in [0.4, 0.5) is 5.69 Å². The van der Waals surface area contributed by atoms with E-state index < -0.39 is 6.29 Å². The van der Waals surface area contributed by atoms with Gasteiger partial charge in [0.2, 0.25) is 0 Å². The Morgan fingerprint density at radius 3 is 2.61 bits per heavy atom. The van der Waals surface area contributed by atoms with E-state index in [9.17, 15) is 9.90 Å². The number of amides is 1. The molecule has 3 aliphatic rings. The number of anilines is 1. The van der Waals surface area contributed by atoms with Gasteiger partial charge in [0, 0.05) is 23.5 Å². The molecule has 0 radical (unpaired) electrons. The number of ether oxygens (including phenoxy) is 1. The van der Waals surface area contributed by atoms with Gasteiger partial charge in [-0.15, -0.1) is 0 Å². The van der Waals surface area contributed by atoms with Crippen LogP contribution >= 0.6 is 0 Å². The zero-order valence-corrected chi connectivity index (χ0v) is 21.3. The maximum atomic E-state index is 13.0. The van der Waals surface area contributed by atoms with Gasteiger partial charge in [0.05, 0.1) is 6.04 Å². The fourth-order valence-corrected chi connectivity index (χ4v) is 4.65. The van der Waals surface area contributed by atoms with Crippen molar-refractivity contribution in [1.29, 1.82) is 0 Å². The first-order valence-electron chi connectivity index (χ1n) is 12.9. The number of oxime groups is 1. The number of carbonyl (C=O) groups excluding carboxylic acids is 1. The van der Waals surface area contributed by atoms with Crippen molar-refractivity contribution in [3.63, 3.8) is 0 Å². The number of likely N-dealkylation sites (N-methyl/N-ethyl adjacent to an activating group) is 1. The maximum absolute atomic E-state index is 13.0. The van der Waals surface area contributed by atoms with E-state index >= 15 is 0 Å². The number of hydrogen-bond donors (Lipinski definition) is 1. The predicted molar refractivity (Wildman–Crippen MR) is 147 cm³/mol. The molecule has 0 bridgehead atoms. The van der Waals surface area contributed by atoms with E-state index in [1.807, 2.05) is 25.1 Å². The molecule has 1 amide bonds. The van der Waals surface area contributed by atoms with Crippen LogP contribution in [0.25, 0.3) is 0 Å². The molecule has 0 saturated carbocycles. The first-order chi connectivity index (χ1) is 18.6. The molecule has 2 aromatic carbocycles. The molecular formula is C31H31N3O4. The van der Waals surface area contributed by atoms with Crippen LogP contribution in [-0.4, -0.2) is 34.5 Å². The van der Waals surface area contributed by atoms with E-state index in [4.69, 9.17) is 9.57 Å². The van der Waals surface area contributed by atoms with Crippen LogP contribution in [0, 0.1) is 0 Å². The molecule has 2 aliphatic carbocycles. The van der Waals surface area contributed by atoms with Crippen molar-refractivity contribution in [2.24, 2.45) is 5.16 Å². The average molecular weight is 510 g/mol. The topological polar surface area (TPSA) is 74.6 Å². The van der Waals surface area contributed by atoms with Gasteiger partial charge in [0.25, 0.3) is 12.2 Å². The summed E-state index contributed by atoms with van der Waals surface area (Å²) in [5, 5.41) is 14.2. The lowest BCUT2D eigenvalue weighted by atomic mass is 9.98. The first kappa shape index (κ1) is 25.3. The maximum Gasteiger partial charge on any atom is 0.339 e. The fourth-order valence-electron chi connectivity index (χ4n) is 4.65. The number of rotatable bonds is 8. The lowest BCUT2D eigenvalue weighted by molar-refractivity contribution is -0.123. The summed E-state index contributed by atoms with van der Waals surface area (Å²) in [6.07, 6.45) is 16.1. The average Bonchev–Trinajstić information content (AvgIpc) is 3.28. The quantitative estimate of drug-likeness (QED) is 0.280. The summed E-state index contributed by atoms with van der Waals surface area (Å²) in [5.41, 5.74) is 3.88. The number of benzene rings is 2. The van der Waals surface area contributed by atoms with Gasteiger partial charge in [-0.05, 0) is 61.2 Å². The minimum absolute atomic E-state index is 0.00420. The van der Waals surface area contributed by atoms with E-state index in [2.05, 4.69) is 64.7 Å². The predicted octanol–water partition coefficient (Wildman–Crippen LogP) is 5.72. The van der Waals surface area contributed by atoms with E-state index in [1.165, 1.54) is 10.6 Å². The molecule has 38 heavy (non-hydrogen) atoms. The molecule has 1 saturated heterocycles. The van der Waals surface area contributed by atoms with Gasteiger partial charge in [-0.25, -0.2) is 0 Å². The fraction of sp³-hybridized carbons (Fsp3) is 0.226. The Morgan fingerprint density at radius 2 is 1.95 bits per heavy atom. The van der Waals surface area contributed by atoms with E-state index in [1.54, 1.807) is 30.3 Å². The molecule has 2 unspecified atom stereocenters. The minimum atomic E-state index is -1.27. The molecule has 1 aliphatic heterocycles. The van der Waals surface area contributed by atoms with Crippen LogP contribution in [0.15, 0.2) is 125 Å². The molecule has 7 nitrogen and oxygen atoms in total. The Bertz CT molecular complexity index is 1330. The molecule has 1 N–H and O–H groups in total. The van der Waals surface area contributed by atoms with Crippen LogP contribution in [0.5, 0.6) is 0 Å². The van der Waals surface area contributed by atoms with Gasteiger partial charge in [0.1, 0.15) is 0 Å². The summed E-state index contributed by atoms with van der Waals surface area (Å²) in [4.78, 5) is 21.9. The first-order valence-corrected chi connectivity index (χ1v) is 12.9. The highest BCUT2D eigenvalue weighted by Crippen LogP contribution is 2.31. The third-order valence-electron chi connectivity index (χ3n) is 6.59. The highest BCUT2D eigenvalue weighted by molar-refractivity contribution is 6.09. The molecular weight excluding hydrogens is 478 g/mol. The third-order valence-corrected chi connectivity index (χ3v) is 6.59. The van der Waals surface area contributed by atoms with Gasteiger partial charge < -0.3 is 19.6 Å². The second-order valence-corrected chi connectivity index (χ2v) is 9.10. The Labute approximate surface area is 223 Å².